The van der Waals surface area contributed by atoms with Crippen molar-refractivity contribution in [1.82, 2.24) is 14.1 Å². The van der Waals surface area contributed by atoms with E-state index in [1.807, 2.05) is 54.6 Å². The van der Waals surface area contributed by atoms with Crippen LogP contribution in [0.5, 0.6) is 5.88 Å². The number of aromatic nitrogens is 2. The van der Waals surface area contributed by atoms with Crippen molar-refractivity contribution in [1.29, 1.82) is 0 Å². The summed E-state index contributed by atoms with van der Waals surface area (Å²) in [5.41, 5.74) is 1.89. The molecule has 1 N–H and O–H groups in total. The smallest absolute Gasteiger partial charge is 0.333 e. The van der Waals surface area contributed by atoms with Gasteiger partial charge in [-0.2, -0.15) is 5.10 Å². The third-order valence-corrected chi connectivity index (χ3v) is 5.56. The van der Waals surface area contributed by atoms with Crippen molar-refractivity contribution in [2.24, 2.45) is 19.2 Å². The maximum atomic E-state index is 12.7. The maximum Gasteiger partial charge on any atom is 0.333 e. The molecule has 1 atom stereocenters. The summed E-state index contributed by atoms with van der Waals surface area (Å²) >= 11 is 0. The number of nitrogens with zero attached hydrogens (tertiary/aromatic N) is 4. The number of rotatable bonds is 3. The van der Waals surface area contributed by atoms with E-state index in [9.17, 15) is 19.5 Å². The van der Waals surface area contributed by atoms with Crippen LogP contribution in [0.3, 0.4) is 0 Å². The van der Waals surface area contributed by atoms with Crippen LogP contribution in [0.1, 0.15) is 30.5 Å². The summed E-state index contributed by atoms with van der Waals surface area (Å²) in [7, 11) is 2.71. The van der Waals surface area contributed by atoms with Crippen LogP contribution in [0.25, 0.3) is 11.1 Å². The monoisotopic (exact) mass is 418 g/mol. The van der Waals surface area contributed by atoms with Crippen LogP contribution < -0.4 is 11.2 Å². The number of hydrogen-bond donors (Lipinski definition) is 1. The minimum Gasteiger partial charge on any atom is -0.494 e. The Hall–Kier alpha value is -3.94. The van der Waals surface area contributed by atoms with Crippen LogP contribution in [-0.2, 0) is 18.9 Å². The van der Waals surface area contributed by atoms with Gasteiger partial charge in [-0.1, -0.05) is 54.6 Å². The summed E-state index contributed by atoms with van der Waals surface area (Å²) in [6, 6.07) is 17.3. The third-order valence-electron chi connectivity index (χ3n) is 5.56. The summed E-state index contributed by atoms with van der Waals surface area (Å²) in [5.74, 6) is -0.747. The Bertz CT molecular complexity index is 1300. The molecule has 8 nitrogen and oxygen atoms in total. The third kappa shape index (κ3) is 3.46. The van der Waals surface area contributed by atoms with E-state index in [2.05, 4.69) is 5.10 Å². The van der Waals surface area contributed by atoms with Crippen LogP contribution >= 0.6 is 0 Å². The summed E-state index contributed by atoms with van der Waals surface area (Å²) < 4.78 is 1.90. The molecular formula is C23H22N4O4. The van der Waals surface area contributed by atoms with Gasteiger partial charge in [-0.25, -0.2) is 9.80 Å². The molecule has 1 amide bonds. The predicted octanol–water partition coefficient (Wildman–Crippen LogP) is 2.15. The highest BCUT2D eigenvalue weighted by Gasteiger charge is 2.34. The van der Waals surface area contributed by atoms with Gasteiger partial charge in [-0.15, -0.1) is 0 Å². The predicted molar refractivity (Wildman–Crippen MR) is 117 cm³/mol. The molecule has 0 spiro atoms. The molecule has 1 aliphatic heterocycles. The van der Waals surface area contributed by atoms with Gasteiger partial charge in [0.15, 0.2) is 0 Å². The lowest BCUT2D eigenvalue weighted by atomic mass is 9.96. The van der Waals surface area contributed by atoms with Gasteiger partial charge in [0.25, 0.3) is 5.56 Å². The average Bonchev–Trinajstić information content (AvgIpc) is 3.22. The van der Waals surface area contributed by atoms with Gasteiger partial charge in [-0.3, -0.25) is 18.7 Å². The topological polar surface area (TPSA) is 96.9 Å². The fraction of sp³-hybridized carbons (Fsp3) is 0.217. The second kappa shape index (κ2) is 7.71. The SMILES string of the molecule is CC(=O)N1N=C(c2c(O)n(C)c(=O)n(C)c2=O)CC1c1ccc(-c2ccccc2)cc1. The van der Waals surface area contributed by atoms with Crippen LogP contribution in [0.4, 0.5) is 0 Å². The molecule has 2 heterocycles. The highest BCUT2D eigenvalue weighted by atomic mass is 16.3. The number of benzene rings is 2. The molecule has 31 heavy (non-hydrogen) atoms. The number of amides is 1. The van der Waals surface area contributed by atoms with Crippen LogP contribution in [0.15, 0.2) is 69.3 Å². The molecule has 1 unspecified atom stereocenters. The molecule has 0 aliphatic carbocycles. The number of hydrogen-bond acceptors (Lipinski definition) is 5. The summed E-state index contributed by atoms with van der Waals surface area (Å²) in [6.45, 7) is 1.40. The number of hydrazone groups is 1. The maximum absolute atomic E-state index is 12.7. The van der Waals surface area contributed by atoms with Gasteiger partial charge < -0.3 is 5.11 Å². The normalized spacial score (nSPS) is 15.8. The van der Waals surface area contributed by atoms with E-state index < -0.39 is 23.2 Å². The zero-order valence-corrected chi connectivity index (χ0v) is 17.4. The molecule has 0 radical (unpaired) electrons. The molecule has 158 valence electrons. The quantitative estimate of drug-likeness (QED) is 0.705. The van der Waals surface area contributed by atoms with Crippen molar-refractivity contribution in [2.75, 3.05) is 0 Å². The Morgan fingerprint density at radius 2 is 1.58 bits per heavy atom. The molecule has 0 saturated carbocycles. The highest BCUT2D eigenvalue weighted by molar-refractivity contribution is 6.04. The van der Waals surface area contributed by atoms with Gasteiger partial charge in [0.2, 0.25) is 11.8 Å². The molecule has 4 rings (SSSR count). The first-order chi connectivity index (χ1) is 14.8. The van der Waals surface area contributed by atoms with Gasteiger partial charge in [0.05, 0.1) is 11.8 Å². The van der Waals surface area contributed by atoms with Gasteiger partial charge in [-0.05, 0) is 16.7 Å². The van der Waals surface area contributed by atoms with Crippen LogP contribution in [0.2, 0.25) is 0 Å². The fourth-order valence-corrected chi connectivity index (χ4v) is 3.83. The fourth-order valence-electron chi connectivity index (χ4n) is 3.83. The highest BCUT2D eigenvalue weighted by Crippen LogP contribution is 2.34. The first-order valence-electron chi connectivity index (χ1n) is 9.81. The molecule has 0 saturated heterocycles. The second-order valence-corrected chi connectivity index (χ2v) is 7.52. The Balaban J connectivity index is 1.73. The molecule has 1 aliphatic rings. The van der Waals surface area contributed by atoms with E-state index in [1.165, 1.54) is 26.0 Å². The molecular weight excluding hydrogens is 396 g/mol. The number of aromatic hydroxyl groups is 1. The first-order valence-corrected chi connectivity index (χ1v) is 9.81. The molecule has 1 aromatic heterocycles. The lowest BCUT2D eigenvalue weighted by Crippen LogP contribution is -2.39. The van der Waals surface area contributed by atoms with E-state index in [0.717, 1.165) is 25.8 Å². The minimum atomic E-state index is -0.650. The molecule has 0 bridgehead atoms. The summed E-state index contributed by atoms with van der Waals surface area (Å²) in [6.07, 6.45) is 0.241. The largest absolute Gasteiger partial charge is 0.494 e. The van der Waals surface area contributed by atoms with Crippen molar-refractivity contribution in [3.8, 4) is 17.0 Å². The van der Waals surface area contributed by atoms with Crippen molar-refractivity contribution in [3.63, 3.8) is 0 Å². The van der Waals surface area contributed by atoms with Crippen LogP contribution in [-0.4, -0.2) is 30.9 Å². The Labute approximate surface area is 178 Å². The molecule has 2 aromatic carbocycles. The first kappa shape index (κ1) is 20.3. The van der Waals surface area contributed by atoms with E-state index in [-0.39, 0.29) is 23.6 Å². The average molecular weight is 418 g/mol. The Morgan fingerprint density at radius 3 is 2.19 bits per heavy atom. The molecule has 3 aromatic rings. The Morgan fingerprint density at radius 1 is 0.968 bits per heavy atom. The van der Waals surface area contributed by atoms with Crippen molar-refractivity contribution < 1.29 is 9.90 Å². The van der Waals surface area contributed by atoms with Crippen LogP contribution in [0, 0.1) is 0 Å². The minimum absolute atomic E-state index is 0.0701. The zero-order valence-electron chi connectivity index (χ0n) is 17.4. The van der Waals surface area contributed by atoms with E-state index in [4.69, 9.17) is 0 Å². The van der Waals surface area contributed by atoms with Gasteiger partial charge in [0, 0.05) is 27.4 Å². The Kier molecular flexibility index (Phi) is 5.06. The standard InChI is InChI=1S/C23H22N4O4/c1-14(28)27-19(17-11-9-16(10-12-17)15-7-5-4-6-8-15)13-18(24-27)20-21(29)25(2)23(31)26(3)22(20)30/h4-12,19,29H,13H2,1-3H3. The lowest BCUT2D eigenvalue weighted by Gasteiger charge is -2.20. The zero-order chi connectivity index (χ0) is 22.3. The molecule has 8 heteroatoms. The van der Waals surface area contributed by atoms with Crippen molar-refractivity contribution in [3.05, 3.63) is 86.6 Å². The second-order valence-electron chi connectivity index (χ2n) is 7.52. The number of carbonyl (C=O) groups excluding carboxylic acids is 1. The van der Waals surface area contributed by atoms with E-state index >= 15 is 0 Å². The van der Waals surface area contributed by atoms with Gasteiger partial charge in [0.1, 0.15) is 5.56 Å². The number of carbonyl (C=O) groups is 1. The summed E-state index contributed by atoms with van der Waals surface area (Å²) in [4.78, 5) is 37.0. The summed E-state index contributed by atoms with van der Waals surface area (Å²) in [5, 5.41) is 16.1. The lowest BCUT2D eigenvalue weighted by molar-refractivity contribution is -0.130. The van der Waals surface area contributed by atoms with Crippen molar-refractivity contribution >= 4 is 11.6 Å². The molecule has 0 fully saturated rings. The van der Waals surface area contributed by atoms with E-state index in [1.54, 1.807) is 0 Å². The van der Waals surface area contributed by atoms with E-state index in [0.29, 0.717) is 0 Å². The van der Waals surface area contributed by atoms with Crippen molar-refractivity contribution in [2.45, 2.75) is 19.4 Å². The van der Waals surface area contributed by atoms with Gasteiger partial charge >= 0.3 is 5.69 Å².